The summed E-state index contributed by atoms with van der Waals surface area (Å²) in [5, 5.41) is 11.7. The lowest BCUT2D eigenvalue weighted by Gasteiger charge is -2.40. The van der Waals surface area contributed by atoms with E-state index >= 15 is 0 Å². The number of carboxylic acids is 1. The van der Waals surface area contributed by atoms with Crippen molar-refractivity contribution in [2.24, 2.45) is 5.73 Å². The summed E-state index contributed by atoms with van der Waals surface area (Å²) in [7, 11) is 0. The van der Waals surface area contributed by atoms with E-state index in [0.29, 0.717) is 13.1 Å². The second kappa shape index (κ2) is 7.37. The third-order valence-corrected chi connectivity index (χ3v) is 3.55. The summed E-state index contributed by atoms with van der Waals surface area (Å²) >= 11 is 0. The van der Waals surface area contributed by atoms with Gasteiger partial charge < -0.3 is 25.8 Å². The Hall–Kier alpha value is -1.67. The van der Waals surface area contributed by atoms with Crippen LogP contribution in [0.5, 0.6) is 0 Å². The normalized spacial score (nSPS) is 28.8. The van der Waals surface area contributed by atoms with E-state index in [2.05, 4.69) is 5.32 Å². The van der Waals surface area contributed by atoms with Crippen molar-refractivity contribution < 1.29 is 24.2 Å². The molecule has 4 atom stereocenters. The molecule has 0 saturated carbocycles. The molecule has 2 amide bonds. The zero-order valence-electron chi connectivity index (χ0n) is 12.5. The van der Waals surface area contributed by atoms with E-state index < -0.39 is 30.3 Å². The molecule has 21 heavy (non-hydrogen) atoms. The Bertz CT molecular complexity index is 411. The summed E-state index contributed by atoms with van der Waals surface area (Å²) in [5.74, 6) is -1.87. The highest BCUT2D eigenvalue weighted by Gasteiger charge is 2.44. The van der Waals surface area contributed by atoms with Gasteiger partial charge in [-0.25, -0.2) is 4.79 Å². The van der Waals surface area contributed by atoms with Crippen LogP contribution in [0.2, 0.25) is 0 Å². The second-order valence-electron chi connectivity index (χ2n) is 5.02. The van der Waals surface area contributed by atoms with Crippen LogP contribution < -0.4 is 11.1 Å². The van der Waals surface area contributed by atoms with Gasteiger partial charge in [0.1, 0.15) is 0 Å². The zero-order chi connectivity index (χ0) is 16.2. The van der Waals surface area contributed by atoms with Gasteiger partial charge in [0, 0.05) is 32.5 Å². The van der Waals surface area contributed by atoms with Crippen LogP contribution in [0, 0.1) is 0 Å². The third-order valence-electron chi connectivity index (χ3n) is 3.55. The standard InChI is InChI=1S/C13H23N3O5/c1-4-16(5-2)12(18)11-10(15-7(3)17)8(14)6-9(21-11)13(19)20/h8-11H,4-6,14H2,1-3H3,(H,15,17)(H,19,20)/t8-,9?,10+,11+/m0/s1. The van der Waals surface area contributed by atoms with Crippen LogP contribution in [0.3, 0.4) is 0 Å². The first-order valence-corrected chi connectivity index (χ1v) is 7.01. The number of amides is 2. The van der Waals surface area contributed by atoms with Crippen LogP contribution in [0.25, 0.3) is 0 Å². The molecule has 1 aliphatic heterocycles. The topological polar surface area (TPSA) is 122 Å². The molecule has 0 aromatic heterocycles. The molecule has 0 bridgehead atoms. The van der Waals surface area contributed by atoms with Crippen molar-refractivity contribution >= 4 is 17.8 Å². The average molecular weight is 301 g/mol. The summed E-state index contributed by atoms with van der Waals surface area (Å²) in [4.78, 5) is 36.4. The number of carbonyl (C=O) groups excluding carboxylic acids is 2. The number of rotatable bonds is 5. The lowest BCUT2D eigenvalue weighted by Crippen LogP contribution is -2.65. The Kier molecular flexibility index (Phi) is 6.10. The minimum absolute atomic E-state index is 0.0440. The van der Waals surface area contributed by atoms with E-state index in [0.717, 1.165) is 0 Å². The molecule has 8 heteroatoms. The quantitative estimate of drug-likeness (QED) is 0.594. The van der Waals surface area contributed by atoms with Crippen LogP contribution in [0.4, 0.5) is 0 Å². The predicted octanol–water partition coefficient (Wildman–Crippen LogP) is -1.07. The molecular formula is C13H23N3O5. The number of carboxylic acid groups (broad SMARTS) is 1. The molecule has 0 aromatic carbocycles. The van der Waals surface area contributed by atoms with Gasteiger partial charge in [0.15, 0.2) is 12.2 Å². The zero-order valence-corrected chi connectivity index (χ0v) is 12.5. The van der Waals surface area contributed by atoms with E-state index in [4.69, 9.17) is 15.6 Å². The number of nitrogens with two attached hydrogens (primary N) is 1. The van der Waals surface area contributed by atoms with Crippen LogP contribution in [-0.2, 0) is 19.1 Å². The van der Waals surface area contributed by atoms with E-state index in [-0.39, 0.29) is 18.2 Å². The van der Waals surface area contributed by atoms with E-state index in [1.165, 1.54) is 11.8 Å². The highest BCUT2D eigenvalue weighted by Crippen LogP contribution is 2.21. The first kappa shape index (κ1) is 17.4. The number of carbonyl (C=O) groups is 3. The van der Waals surface area contributed by atoms with Crippen LogP contribution in [-0.4, -0.2) is 65.2 Å². The van der Waals surface area contributed by atoms with Gasteiger partial charge in [-0.2, -0.15) is 0 Å². The summed E-state index contributed by atoms with van der Waals surface area (Å²) < 4.78 is 5.39. The first-order valence-electron chi connectivity index (χ1n) is 7.01. The monoisotopic (exact) mass is 301 g/mol. The largest absolute Gasteiger partial charge is 0.479 e. The summed E-state index contributed by atoms with van der Waals surface area (Å²) in [5.41, 5.74) is 5.94. The molecule has 0 spiro atoms. The van der Waals surface area contributed by atoms with Gasteiger partial charge in [-0.15, -0.1) is 0 Å². The Morgan fingerprint density at radius 1 is 1.33 bits per heavy atom. The maximum absolute atomic E-state index is 12.5. The number of nitrogens with one attached hydrogen (secondary N) is 1. The van der Waals surface area contributed by atoms with Gasteiger partial charge >= 0.3 is 5.97 Å². The van der Waals surface area contributed by atoms with Gasteiger partial charge in [0.25, 0.3) is 5.91 Å². The maximum atomic E-state index is 12.5. The molecule has 1 saturated heterocycles. The molecular weight excluding hydrogens is 278 g/mol. The fourth-order valence-electron chi connectivity index (χ4n) is 2.44. The lowest BCUT2D eigenvalue weighted by molar-refractivity contribution is -0.172. The number of nitrogens with zero attached hydrogens (tertiary/aromatic N) is 1. The lowest BCUT2D eigenvalue weighted by atomic mass is 9.92. The van der Waals surface area contributed by atoms with Crippen molar-refractivity contribution in [3.63, 3.8) is 0 Å². The summed E-state index contributed by atoms with van der Waals surface area (Å²) in [6, 6.07) is -1.39. The molecule has 0 radical (unpaired) electrons. The van der Waals surface area contributed by atoms with Gasteiger partial charge in [0.05, 0.1) is 6.04 Å². The molecule has 1 rings (SSSR count). The minimum atomic E-state index is -1.16. The van der Waals surface area contributed by atoms with Crippen molar-refractivity contribution in [2.75, 3.05) is 13.1 Å². The Balaban J connectivity index is 3.01. The summed E-state index contributed by atoms with van der Waals surface area (Å²) in [6.07, 6.45) is -2.18. The van der Waals surface area contributed by atoms with Crippen molar-refractivity contribution in [3.8, 4) is 0 Å². The first-order chi connectivity index (χ1) is 9.81. The molecule has 1 aliphatic rings. The SMILES string of the molecule is CCN(CC)C(=O)[C@@H]1OC(C(=O)O)C[C@H](N)[C@H]1NC(C)=O. The fraction of sp³-hybridized carbons (Fsp3) is 0.769. The molecule has 1 fully saturated rings. The maximum Gasteiger partial charge on any atom is 0.332 e. The van der Waals surface area contributed by atoms with E-state index in [9.17, 15) is 14.4 Å². The van der Waals surface area contributed by atoms with E-state index in [1.807, 2.05) is 13.8 Å². The highest BCUT2D eigenvalue weighted by molar-refractivity contribution is 5.84. The molecule has 8 nitrogen and oxygen atoms in total. The van der Waals surface area contributed by atoms with Crippen molar-refractivity contribution in [2.45, 2.75) is 51.5 Å². The number of hydrogen-bond acceptors (Lipinski definition) is 5. The number of ether oxygens (including phenoxy) is 1. The predicted molar refractivity (Wildman–Crippen MR) is 74.4 cm³/mol. The number of aliphatic carboxylic acids is 1. The third kappa shape index (κ3) is 4.15. The minimum Gasteiger partial charge on any atom is -0.479 e. The average Bonchev–Trinajstić information content (AvgIpc) is 2.41. The molecule has 1 unspecified atom stereocenters. The van der Waals surface area contributed by atoms with E-state index in [1.54, 1.807) is 0 Å². The number of likely N-dealkylation sites (N-methyl/N-ethyl adjacent to an activating group) is 1. The van der Waals surface area contributed by atoms with Gasteiger partial charge in [-0.1, -0.05) is 0 Å². The van der Waals surface area contributed by atoms with Crippen LogP contribution in [0.1, 0.15) is 27.2 Å². The molecule has 4 N–H and O–H groups in total. The number of hydrogen-bond donors (Lipinski definition) is 3. The van der Waals surface area contributed by atoms with Gasteiger partial charge in [-0.05, 0) is 13.8 Å². The molecule has 0 aromatic rings. The molecule has 120 valence electrons. The van der Waals surface area contributed by atoms with Crippen molar-refractivity contribution in [1.29, 1.82) is 0 Å². The smallest absolute Gasteiger partial charge is 0.332 e. The van der Waals surface area contributed by atoms with Gasteiger partial charge in [0.2, 0.25) is 5.91 Å². The van der Waals surface area contributed by atoms with Gasteiger partial charge in [-0.3, -0.25) is 9.59 Å². The molecule has 0 aliphatic carbocycles. The molecule has 1 heterocycles. The second-order valence-corrected chi connectivity index (χ2v) is 5.02. The highest BCUT2D eigenvalue weighted by atomic mass is 16.5. The fourth-order valence-corrected chi connectivity index (χ4v) is 2.44. The Morgan fingerprint density at radius 3 is 2.33 bits per heavy atom. The van der Waals surface area contributed by atoms with Crippen molar-refractivity contribution in [1.82, 2.24) is 10.2 Å². The van der Waals surface area contributed by atoms with Crippen molar-refractivity contribution in [3.05, 3.63) is 0 Å². The summed E-state index contributed by atoms with van der Waals surface area (Å²) in [6.45, 7) is 5.87. The Labute approximate surface area is 123 Å². The van der Waals surface area contributed by atoms with Crippen LogP contribution in [0.15, 0.2) is 0 Å². The van der Waals surface area contributed by atoms with Crippen LogP contribution >= 0.6 is 0 Å². The Morgan fingerprint density at radius 2 is 1.90 bits per heavy atom.